The molecule has 0 aliphatic heterocycles. The summed E-state index contributed by atoms with van der Waals surface area (Å²) in [5.41, 5.74) is 0. The average Bonchev–Trinajstić information content (AvgIpc) is 1.94. The minimum atomic E-state index is -0.142. The fourth-order valence-corrected chi connectivity index (χ4v) is 2.23. The molecule has 80 valence electrons. The van der Waals surface area contributed by atoms with Gasteiger partial charge in [0.2, 0.25) is 0 Å². The van der Waals surface area contributed by atoms with E-state index in [4.69, 9.17) is 23.2 Å². The van der Waals surface area contributed by atoms with E-state index in [1.165, 1.54) is 25.7 Å². The summed E-state index contributed by atoms with van der Waals surface area (Å²) in [7, 11) is 0. The molecule has 0 nitrogen and oxygen atoms in total. The van der Waals surface area contributed by atoms with Gasteiger partial charge in [0, 0.05) is 10.3 Å². The van der Waals surface area contributed by atoms with Crippen molar-refractivity contribution in [2.75, 3.05) is 0 Å². The summed E-state index contributed by atoms with van der Waals surface area (Å²) < 4.78 is 0. The second-order valence-corrected chi connectivity index (χ2v) is 6.01. The maximum Gasteiger partial charge on any atom is 0.0404 e. The van der Waals surface area contributed by atoms with E-state index in [0.29, 0.717) is 0 Å². The Morgan fingerprint density at radius 2 is 1.77 bits per heavy atom. The highest BCUT2D eigenvalue weighted by Gasteiger charge is 2.18. The standard InChI is InChI=1S/C11H22Cl2/c1-4-5-6-7-8-10(12)9-11(2,3)13/h10H,4-9H2,1-3H3. The lowest BCUT2D eigenvalue weighted by atomic mass is 10.0. The Bertz CT molecular complexity index is 116. The quantitative estimate of drug-likeness (QED) is 0.423. The zero-order valence-electron chi connectivity index (χ0n) is 9.08. The molecule has 0 saturated heterocycles. The minimum Gasteiger partial charge on any atom is -0.123 e. The molecule has 0 bridgehead atoms. The molecule has 0 N–H and O–H groups in total. The van der Waals surface area contributed by atoms with Crippen LogP contribution in [0, 0.1) is 0 Å². The molecule has 0 radical (unpaired) electrons. The molecular formula is C11H22Cl2. The molecule has 0 aromatic carbocycles. The summed E-state index contributed by atoms with van der Waals surface area (Å²) in [5.74, 6) is 0. The van der Waals surface area contributed by atoms with E-state index < -0.39 is 0 Å². The largest absolute Gasteiger partial charge is 0.123 e. The first kappa shape index (κ1) is 13.6. The molecule has 0 heterocycles. The third kappa shape index (κ3) is 10.5. The number of hydrogen-bond acceptors (Lipinski definition) is 0. The lowest BCUT2D eigenvalue weighted by molar-refractivity contribution is 0.542. The molecule has 0 aliphatic carbocycles. The van der Waals surface area contributed by atoms with Crippen LogP contribution in [-0.4, -0.2) is 10.3 Å². The molecule has 1 unspecified atom stereocenters. The Labute approximate surface area is 93.0 Å². The van der Waals surface area contributed by atoms with E-state index in [1.807, 2.05) is 13.8 Å². The van der Waals surface area contributed by atoms with Gasteiger partial charge in [-0.2, -0.15) is 0 Å². The smallest absolute Gasteiger partial charge is 0.0404 e. The van der Waals surface area contributed by atoms with Gasteiger partial charge in [0.05, 0.1) is 0 Å². The van der Waals surface area contributed by atoms with Gasteiger partial charge in [0.25, 0.3) is 0 Å². The highest BCUT2D eigenvalue weighted by Crippen LogP contribution is 2.25. The highest BCUT2D eigenvalue weighted by atomic mass is 35.5. The number of unbranched alkanes of at least 4 members (excludes halogenated alkanes) is 3. The first-order chi connectivity index (χ1) is 5.95. The van der Waals surface area contributed by atoms with E-state index in [9.17, 15) is 0 Å². The molecule has 0 aliphatic rings. The molecule has 0 saturated carbocycles. The van der Waals surface area contributed by atoms with Crippen LogP contribution in [0.5, 0.6) is 0 Å². The normalized spacial score (nSPS) is 14.5. The Morgan fingerprint density at radius 3 is 2.23 bits per heavy atom. The van der Waals surface area contributed by atoms with Crippen molar-refractivity contribution in [1.29, 1.82) is 0 Å². The van der Waals surface area contributed by atoms with Crippen molar-refractivity contribution in [2.45, 2.75) is 69.5 Å². The van der Waals surface area contributed by atoms with Crippen LogP contribution < -0.4 is 0 Å². The molecular weight excluding hydrogens is 203 g/mol. The van der Waals surface area contributed by atoms with Crippen molar-refractivity contribution < 1.29 is 0 Å². The predicted molar refractivity (Wildman–Crippen MR) is 62.9 cm³/mol. The van der Waals surface area contributed by atoms with Gasteiger partial charge in [-0.15, -0.1) is 23.2 Å². The third-order valence-corrected chi connectivity index (χ3v) is 2.60. The summed E-state index contributed by atoms with van der Waals surface area (Å²) >= 11 is 12.2. The lowest BCUT2D eigenvalue weighted by Gasteiger charge is -2.19. The van der Waals surface area contributed by atoms with Gasteiger partial charge in [-0.3, -0.25) is 0 Å². The van der Waals surface area contributed by atoms with E-state index in [2.05, 4.69) is 6.92 Å². The Balaban J connectivity index is 3.35. The molecule has 1 atom stereocenters. The van der Waals surface area contributed by atoms with Gasteiger partial charge < -0.3 is 0 Å². The Hall–Kier alpha value is 0.580. The van der Waals surface area contributed by atoms with Gasteiger partial charge in [-0.25, -0.2) is 0 Å². The third-order valence-electron chi connectivity index (χ3n) is 2.08. The summed E-state index contributed by atoms with van der Waals surface area (Å²) in [5, 5.41) is 0.254. The lowest BCUT2D eigenvalue weighted by Crippen LogP contribution is -2.16. The molecule has 2 heteroatoms. The van der Waals surface area contributed by atoms with Crippen LogP contribution in [0.2, 0.25) is 0 Å². The van der Waals surface area contributed by atoms with Crippen LogP contribution in [0.15, 0.2) is 0 Å². The van der Waals surface area contributed by atoms with Crippen molar-refractivity contribution in [2.24, 2.45) is 0 Å². The van der Waals surface area contributed by atoms with Crippen molar-refractivity contribution >= 4 is 23.2 Å². The van der Waals surface area contributed by atoms with Gasteiger partial charge in [-0.1, -0.05) is 32.6 Å². The van der Waals surface area contributed by atoms with Crippen LogP contribution in [0.4, 0.5) is 0 Å². The maximum atomic E-state index is 6.16. The molecule has 0 amide bonds. The summed E-state index contributed by atoms with van der Waals surface area (Å²) in [6.07, 6.45) is 7.18. The first-order valence-corrected chi connectivity index (χ1v) is 6.10. The molecule has 0 spiro atoms. The number of alkyl halides is 2. The van der Waals surface area contributed by atoms with Crippen molar-refractivity contribution in [3.8, 4) is 0 Å². The second kappa shape index (κ2) is 6.95. The van der Waals surface area contributed by atoms with Crippen LogP contribution in [0.25, 0.3) is 0 Å². The van der Waals surface area contributed by atoms with Gasteiger partial charge in [-0.05, 0) is 26.7 Å². The van der Waals surface area contributed by atoms with Crippen LogP contribution in [-0.2, 0) is 0 Å². The zero-order valence-corrected chi connectivity index (χ0v) is 10.6. The van der Waals surface area contributed by atoms with Crippen molar-refractivity contribution in [1.82, 2.24) is 0 Å². The SMILES string of the molecule is CCCCCCC(Cl)CC(C)(C)Cl. The fourth-order valence-electron chi connectivity index (χ4n) is 1.42. The van der Waals surface area contributed by atoms with Gasteiger partial charge in [0.15, 0.2) is 0 Å². The minimum absolute atomic E-state index is 0.142. The summed E-state index contributed by atoms with van der Waals surface area (Å²) in [4.78, 5) is -0.142. The topological polar surface area (TPSA) is 0 Å². The Kier molecular flexibility index (Phi) is 7.26. The molecule has 13 heavy (non-hydrogen) atoms. The summed E-state index contributed by atoms with van der Waals surface area (Å²) in [6.45, 7) is 6.27. The molecule has 0 aromatic heterocycles. The average molecular weight is 225 g/mol. The van der Waals surface area contributed by atoms with E-state index in [1.54, 1.807) is 0 Å². The van der Waals surface area contributed by atoms with Crippen LogP contribution in [0.1, 0.15) is 59.3 Å². The number of halogens is 2. The van der Waals surface area contributed by atoms with Gasteiger partial charge in [0.1, 0.15) is 0 Å². The van der Waals surface area contributed by atoms with Crippen molar-refractivity contribution in [3.63, 3.8) is 0 Å². The zero-order chi connectivity index (χ0) is 10.3. The molecule has 0 fully saturated rings. The number of rotatable bonds is 7. The molecule has 0 rings (SSSR count). The highest BCUT2D eigenvalue weighted by molar-refractivity contribution is 6.25. The van der Waals surface area contributed by atoms with Crippen LogP contribution >= 0.6 is 23.2 Å². The summed E-state index contributed by atoms with van der Waals surface area (Å²) in [6, 6.07) is 0. The monoisotopic (exact) mass is 224 g/mol. The van der Waals surface area contributed by atoms with E-state index >= 15 is 0 Å². The first-order valence-electron chi connectivity index (χ1n) is 5.28. The predicted octanol–water partition coefficient (Wildman–Crippen LogP) is 4.97. The number of hydrogen-bond donors (Lipinski definition) is 0. The van der Waals surface area contributed by atoms with E-state index in [0.717, 1.165) is 12.8 Å². The second-order valence-electron chi connectivity index (χ2n) is 4.37. The Morgan fingerprint density at radius 1 is 1.15 bits per heavy atom. The molecule has 0 aromatic rings. The maximum absolute atomic E-state index is 6.16. The van der Waals surface area contributed by atoms with Gasteiger partial charge >= 0.3 is 0 Å². The van der Waals surface area contributed by atoms with E-state index in [-0.39, 0.29) is 10.3 Å². The fraction of sp³-hybridized carbons (Fsp3) is 1.00. The van der Waals surface area contributed by atoms with Crippen molar-refractivity contribution in [3.05, 3.63) is 0 Å². The van der Waals surface area contributed by atoms with Crippen LogP contribution in [0.3, 0.4) is 0 Å².